The lowest BCUT2D eigenvalue weighted by Gasteiger charge is -2.34. The maximum atomic E-state index is 12.5. The smallest absolute Gasteiger partial charge is 0.239 e. The van der Waals surface area contributed by atoms with Crippen molar-refractivity contribution in [3.63, 3.8) is 0 Å². The molecule has 0 aromatic carbocycles. The molecule has 3 rings (SSSR count). The molecule has 2 aliphatic heterocycles. The molecule has 1 amide bonds. The molecule has 0 radical (unpaired) electrons. The lowest BCUT2D eigenvalue weighted by molar-refractivity contribution is -0.136. The van der Waals surface area contributed by atoms with Crippen LogP contribution in [0.3, 0.4) is 0 Å². The topological polar surface area (TPSA) is 23.6 Å². The van der Waals surface area contributed by atoms with Gasteiger partial charge in [-0.3, -0.25) is 9.69 Å². The molecule has 17 heavy (non-hydrogen) atoms. The lowest BCUT2D eigenvalue weighted by Crippen LogP contribution is -2.48. The van der Waals surface area contributed by atoms with Gasteiger partial charge in [0, 0.05) is 13.1 Å². The summed E-state index contributed by atoms with van der Waals surface area (Å²) in [7, 11) is 2.11. The first-order valence-corrected chi connectivity index (χ1v) is 7.25. The predicted octanol–water partition coefficient (Wildman–Crippen LogP) is 1.73. The van der Waals surface area contributed by atoms with Gasteiger partial charge < -0.3 is 4.90 Å². The molecule has 1 saturated carbocycles. The first kappa shape index (κ1) is 11.5. The van der Waals surface area contributed by atoms with Crippen LogP contribution in [-0.2, 0) is 4.79 Å². The summed E-state index contributed by atoms with van der Waals surface area (Å²) in [5.41, 5.74) is 0. The van der Waals surface area contributed by atoms with E-state index in [0.717, 1.165) is 37.9 Å². The predicted molar refractivity (Wildman–Crippen MR) is 67.7 cm³/mol. The van der Waals surface area contributed by atoms with Gasteiger partial charge in [0.1, 0.15) is 0 Å². The van der Waals surface area contributed by atoms with Crippen molar-refractivity contribution >= 4 is 5.91 Å². The largest absolute Gasteiger partial charge is 0.341 e. The maximum Gasteiger partial charge on any atom is 0.239 e. The Balaban J connectivity index is 1.62. The molecule has 1 aliphatic carbocycles. The van der Waals surface area contributed by atoms with E-state index in [0.29, 0.717) is 5.91 Å². The Morgan fingerprint density at radius 2 is 1.71 bits per heavy atom. The second kappa shape index (κ2) is 4.60. The molecule has 0 unspecified atom stereocenters. The van der Waals surface area contributed by atoms with E-state index in [2.05, 4.69) is 16.8 Å². The fraction of sp³-hybridized carbons (Fsp3) is 0.929. The standard InChI is InChI=1S/C14H24N2O/c1-15-8-3-2-7-13(15)14(17)16-9-11-5-4-6-12(11)10-16/h11-13H,2-10H2,1H3/t11-,12-,13+/m0/s1. The number of likely N-dealkylation sites (N-methyl/N-ethyl adjacent to an activating group) is 1. The SMILES string of the molecule is CN1CCCC[C@@H]1C(=O)N1C[C@@H]2CCC[C@H]2C1. The molecule has 2 saturated heterocycles. The van der Waals surface area contributed by atoms with Gasteiger partial charge in [0.2, 0.25) is 5.91 Å². The van der Waals surface area contributed by atoms with Crippen LogP contribution >= 0.6 is 0 Å². The van der Waals surface area contributed by atoms with Gasteiger partial charge >= 0.3 is 0 Å². The summed E-state index contributed by atoms with van der Waals surface area (Å²) >= 11 is 0. The van der Waals surface area contributed by atoms with Crippen LogP contribution in [0, 0.1) is 11.8 Å². The molecule has 3 atom stereocenters. The van der Waals surface area contributed by atoms with E-state index in [1.165, 1.54) is 32.1 Å². The van der Waals surface area contributed by atoms with Crippen LogP contribution in [0.5, 0.6) is 0 Å². The zero-order chi connectivity index (χ0) is 11.8. The van der Waals surface area contributed by atoms with E-state index < -0.39 is 0 Å². The van der Waals surface area contributed by atoms with Crippen LogP contribution in [0.15, 0.2) is 0 Å². The summed E-state index contributed by atoms with van der Waals surface area (Å²) in [6.07, 6.45) is 7.65. The van der Waals surface area contributed by atoms with Gasteiger partial charge in [-0.1, -0.05) is 12.8 Å². The number of piperidine rings is 1. The number of hydrogen-bond acceptors (Lipinski definition) is 2. The minimum absolute atomic E-state index is 0.183. The van der Waals surface area contributed by atoms with E-state index >= 15 is 0 Å². The summed E-state index contributed by atoms with van der Waals surface area (Å²) in [4.78, 5) is 17.0. The molecule has 3 aliphatic rings. The number of fused-ring (bicyclic) bond motifs is 1. The van der Waals surface area contributed by atoms with Crippen molar-refractivity contribution in [2.45, 2.75) is 44.6 Å². The molecule has 0 N–H and O–H groups in total. The van der Waals surface area contributed by atoms with E-state index in [9.17, 15) is 4.79 Å². The first-order valence-electron chi connectivity index (χ1n) is 7.25. The third-order valence-corrected chi connectivity index (χ3v) is 5.09. The molecule has 0 aromatic rings. The normalized spacial score (nSPS) is 38.4. The van der Waals surface area contributed by atoms with Crippen molar-refractivity contribution in [3.8, 4) is 0 Å². The molecule has 2 heterocycles. The molecular formula is C14H24N2O. The zero-order valence-corrected chi connectivity index (χ0v) is 10.9. The monoisotopic (exact) mass is 236 g/mol. The molecule has 96 valence electrons. The average Bonchev–Trinajstić information content (AvgIpc) is 2.88. The fourth-order valence-electron chi connectivity index (χ4n) is 4.01. The first-order chi connectivity index (χ1) is 8.25. The Hall–Kier alpha value is -0.570. The van der Waals surface area contributed by atoms with E-state index in [1.54, 1.807) is 0 Å². The third-order valence-electron chi connectivity index (χ3n) is 5.09. The Labute approximate surface area is 104 Å². The summed E-state index contributed by atoms with van der Waals surface area (Å²) in [5.74, 6) is 2.07. The van der Waals surface area contributed by atoms with Gasteiger partial charge in [0.05, 0.1) is 6.04 Å². The lowest BCUT2D eigenvalue weighted by atomic mass is 10.0. The number of rotatable bonds is 1. The van der Waals surface area contributed by atoms with Crippen molar-refractivity contribution in [2.75, 3.05) is 26.7 Å². The van der Waals surface area contributed by atoms with Gasteiger partial charge in [-0.05, 0) is 51.1 Å². The zero-order valence-electron chi connectivity index (χ0n) is 10.9. The summed E-state index contributed by atoms with van der Waals surface area (Å²) in [6.45, 7) is 3.19. The summed E-state index contributed by atoms with van der Waals surface area (Å²) in [5, 5.41) is 0. The highest BCUT2D eigenvalue weighted by molar-refractivity contribution is 5.82. The van der Waals surface area contributed by atoms with Gasteiger partial charge in [-0.25, -0.2) is 0 Å². The Morgan fingerprint density at radius 1 is 1.00 bits per heavy atom. The third kappa shape index (κ3) is 2.10. The summed E-state index contributed by atoms with van der Waals surface area (Å²) in [6, 6.07) is 0.183. The van der Waals surface area contributed by atoms with E-state index in [1.807, 2.05) is 0 Å². The van der Waals surface area contributed by atoms with Crippen LogP contribution in [-0.4, -0.2) is 48.4 Å². The number of nitrogens with zero attached hydrogens (tertiary/aromatic N) is 2. The second-order valence-electron chi connectivity index (χ2n) is 6.19. The van der Waals surface area contributed by atoms with E-state index in [4.69, 9.17) is 0 Å². The Bertz CT molecular complexity index is 293. The minimum Gasteiger partial charge on any atom is -0.341 e. The molecule has 3 heteroatoms. The van der Waals surface area contributed by atoms with Crippen molar-refractivity contribution < 1.29 is 4.79 Å². The highest BCUT2D eigenvalue weighted by atomic mass is 16.2. The highest BCUT2D eigenvalue weighted by Crippen LogP contribution is 2.38. The van der Waals surface area contributed by atoms with Crippen molar-refractivity contribution in [2.24, 2.45) is 11.8 Å². The van der Waals surface area contributed by atoms with Crippen LogP contribution in [0.2, 0.25) is 0 Å². The molecule has 0 bridgehead atoms. The quantitative estimate of drug-likeness (QED) is 0.692. The molecule has 0 aromatic heterocycles. The Morgan fingerprint density at radius 3 is 2.35 bits per heavy atom. The fourth-order valence-corrected chi connectivity index (χ4v) is 4.01. The number of amides is 1. The number of carbonyl (C=O) groups is 1. The summed E-state index contributed by atoms with van der Waals surface area (Å²) < 4.78 is 0. The minimum atomic E-state index is 0.183. The number of likely N-dealkylation sites (tertiary alicyclic amines) is 2. The molecule has 3 fully saturated rings. The number of hydrogen-bond donors (Lipinski definition) is 0. The van der Waals surface area contributed by atoms with Gasteiger partial charge in [-0.2, -0.15) is 0 Å². The maximum absolute atomic E-state index is 12.5. The highest BCUT2D eigenvalue weighted by Gasteiger charge is 2.40. The average molecular weight is 236 g/mol. The molecule has 0 spiro atoms. The van der Waals surface area contributed by atoms with Crippen LogP contribution < -0.4 is 0 Å². The van der Waals surface area contributed by atoms with Crippen LogP contribution in [0.1, 0.15) is 38.5 Å². The molecular weight excluding hydrogens is 212 g/mol. The van der Waals surface area contributed by atoms with Gasteiger partial charge in [0.25, 0.3) is 0 Å². The second-order valence-corrected chi connectivity index (χ2v) is 6.19. The van der Waals surface area contributed by atoms with Gasteiger partial charge in [0.15, 0.2) is 0 Å². The Kier molecular flexibility index (Phi) is 3.12. The van der Waals surface area contributed by atoms with Crippen molar-refractivity contribution in [1.29, 1.82) is 0 Å². The molecule has 3 nitrogen and oxygen atoms in total. The van der Waals surface area contributed by atoms with Gasteiger partial charge in [-0.15, -0.1) is 0 Å². The van der Waals surface area contributed by atoms with E-state index in [-0.39, 0.29) is 6.04 Å². The number of carbonyl (C=O) groups excluding carboxylic acids is 1. The van der Waals surface area contributed by atoms with Crippen molar-refractivity contribution in [1.82, 2.24) is 9.80 Å². The van der Waals surface area contributed by atoms with Crippen molar-refractivity contribution in [3.05, 3.63) is 0 Å². The van der Waals surface area contributed by atoms with Crippen LogP contribution in [0.25, 0.3) is 0 Å². The van der Waals surface area contributed by atoms with Crippen LogP contribution in [0.4, 0.5) is 0 Å².